The Hall–Kier alpha value is -0.800. The molecule has 0 radical (unpaired) electrons. The predicted octanol–water partition coefficient (Wildman–Crippen LogP) is 3.69. The summed E-state index contributed by atoms with van der Waals surface area (Å²) in [7, 11) is 0. The van der Waals surface area contributed by atoms with Gasteiger partial charge >= 0.3 is 0 Å². The molecule has 0 aliphatic heterocycles. The fourth-order valence-electron chi connectivity index (χ4n) is 1.53. The number of fused-ring (bicyclic) bond motifs is 1. The monoisotopic (exact) mass is 267 g/mol. The van der Waals surface area contributed by atoms with Gasteiger partial charge in [-0.3, -0.25) is 0 Å². The first-order valence-corrected chi connectivity index (χ1v) is 5.85. The smallest absolute Gasteiger partial charge is 0.148 e. The zero-order valence-electron chi connectivity index (χ0n) is 8.88. The van der Waals surface area contributed by atoms with Gasteiger partial charge in [-0.2, -0.15) is 0 Å². The third kappa shape index (κ3) is 2.24. The zero-order chi connectivity index (χ0) is 10.8. The maximum Gasteiger partial charge on any atom is 0.148 e. The Morgan fingerprint density at radius 3 is 2.93 bits per heavy atom. The summed E-state index contributed by atoms with van der Waals surface area (Å²) in [6, 6.07) is 6.59. The number of hydrogen-bond acceptors (Lipinski definition) is 2. The Labute approximate surface area is 97.8 Å². The molecule has 2 nitrogen and oxygen atoms in total. The van der Waals surface area contributed by atoms with Crippen LogP contribution in [0.25, 0.3) is 11.0 Å². The first-order valence-electron chi connectivity index (χ1n) is 5.06. The van der Waals surface area contributed by atoms with E-state index in [9.17, 15) is 0 Å². The first kappa shape index (κ1) is 10.7. The molecular weight excluding hydrogens is 254 g/mol. The molecule has 0 fully saturated rings. The van der Waals surface area contributed by atoms with Crippen molar-refractivity contribution >= 4 is 26.9 Å². The standard InChI is InChI=1S/C12H14BrNO/c1-8(2)14-6-9-7-15-12-10(9)4-3-5-11(12)13/h3-5,7-8,14H,6H2,1-2H3. The van der Waals surface area contributed by atoms with E-state index in [1.807, 2.05) is 18.4 Å². The fraction of sp³-hybridized carbons (Fsp3) is 0.333. The average molecular weight is 268 g/mol. The lowest BCUT2D eigenvalue weighted by molar-refractivity contribution is 0.572. The van der Waals surface area contributed by atoms with Crippen molar-refractivity contribution in [1.29, 1.82) is 0 Å². The highest BCUT2D eigenvalue weighted by Gasteiger charge is 2.07. The van der Waals surface area contributed by atoms with Crippen molar-refractivity contribution in [2.75, 3.05) is 0 Å². The molecule has 0 unspecified atom stereocenters. The number of furan rings is 1. The van der Waals surface area contributed by atoms with Gasteiger partial charge in [0, 0.05) is 23.5 Å². The van der Waals surface area contributed by atoms with Crippen LogP contribution in [0.2, 0.25) is 0 Å². The third-order valence-electron chi connectivity index (χ3n) is 2.33. The molecule has 1 heterocycles. The summed E-state index contributed by atoms with van der Waals surface area (Å²) in [6.45, 7) is 5.12. The molecule has 0 spiro atoms. The van der Waals surface area contributed by atoms with Crippen LogP contribution in [0.1, 0.15) is 19.4 Å². The van der Waals surface area contributed by atoms with Gasteiger partial charge in [0.1, 0.15) is 5.58 Å². The van der Waals surface area contributed by atoms with E-state index in [2.05, 4.69) is 41.2 Å². The van der Waals surface area contributed by atoms with Crippen LogP contribution >= 0.6 is 15.9 Å². The van der Waals surface area contributed by atoms with Crippen molar-refractivity contribution in [2.45, 2.75) is 26.4 Å². The minimum atomic E-state index is 0.488. The first-order chi connectivity index (χ1) is 7.18. The van der Waals surface area contributed by atoms with Crippen LogP contribution in [0.3, 0.4) is 0 Å². The van der Waals surface area contributed by atoms with Crippen LogP contribution in [0.15, 0.2) is 33.4 Å². The van der Waals surface area contributed by atoms with Crippen molar-refractivity contribution < 1.29 is 4.42 Å². The van der Waals surface area contributed by atoms with Gasteiger partial charge in [0.05, 0.1) is 10.7 Å². The Balaban J connectivity index is 2.33. The van der Waals surface area contributed by atoms with E-state index in [-0.39, 0.29) is 0 Å². The minimum absolute atomic E-state index is 0.488. The molecule has 0 aliphatic rings. The number of hydrogen-bond donors (Lipinski definition) is 1. The van der Waals surface area contributed by atoms with Crippen molar-refractivity contribution in [3.05, 3.63) is 34.5 Å². The van der Waals surface area contributed by atoms with Gasteiger partial charge < -0.3 is 9.73 Å². The van der Waals surface area contributed by atoms with Crippen LogP contribution in [-0.4, -0.2) is 6.04 Å². The maximum atomic E-state index is 5.53. The summed E-state index contributed by atoms with van der Waals surface area (Å²) in [5, 5.41) is 4.56. The quantitative estimate of drug-likeness (QED) is 0.918. The molecule has 0 bridgehead atoms. The average Bonchev–Trinajstić information content (AvgIpc) is 2.59. The van der Waals surface area contributed by atoms with Gasteiger partial charge in [-0.15, -0.1) is 0 Å². The normalized spacial score (nSPS) is 11.5. The lowest BCUT2D eigenvalue weighted by atomic mass is 10.2. The molecule has 0 amide bonds. The minimum Gasteiger partial charge on any atom is -0.463 e. The predicted molar refractivity (Wildman–Crippen MR) is 65.9 cm³/mol. The molecule has 0 atom stereocenters. The van der Waals surface area contributed by atoms with Crippen molar-refractivity contribution in [3.8, 4) is 0 Å². The van der Waals surface area contributed by atoms with Crippen LogP contribution in [0, 0.1) is 0 Å². The molecule has 2 aromatic rings. The topological polar surface area (TPSA) is 25.2 Å². The molecule has 15 heavy (non-hydrogen) atoms. The van der Waals surface area contributed by atoms with E-state index in [1.54, 1.807) is 0 Å². The molecule has 3 heteroatoms. The van der Waals surface area contributed by atoms with Gasteiger partial charge in [-0.05, 0) is 22.0 Å². The van der Waals surface area contributed by atoms with Gasteiger partial charge in [0.25, 0.3) is 0 Å². The third-order valence-corrected chi connectivity index (χ3v) is 2.96. The van der Waals surface area contributed by atoms with E-state index in [1.165, 1.54) is 10.9 Å². The summed E-state index contributed by atoms with van der Waals surface area (Å²) >= 11 is 3.48. The van der Waals surface area contributed by atoms with Crippen LogP contribution < -0.4 is 5.32 Å². The lowest BCUT2D eigenvalue weighted by Crippen LogP contribution is -2.21. The zero-order valence-corrected chi connectivity index (χ0v) is 10.5. The van der Waals surface area contributed by atoms with Crippen LogP contribution in [0.5, 0.6) is 0 Å². The Morgan fingerprint density at radius 1 is 1.40 bits per heavy atom. The summed E-state index contributed by atoms with van der Waals surface area (Å²) < 4.78 is 6.54. The molecular formula is C12H14BrNO. The second kappa shape index (κ2) is 4.37. The van der Waals surface area contributed by atoms with Crippen LogP contribution in [0.4, 0.5) is 0 Å². The lowest BCUT2D eigenvalue weighted by Gasteiger charge is -2.05. The number of rotatable bonds is 3. The SMILES string of the molecule is CC(C)NCc1coc2c(Br)cccc12. The largest absolute Gasteiger partial charge is 0.463 e. The Bertz CT molecular complexity index is 462. The molecule has 0 aliphatic carbocycles. The molecule has 80 valence electrons. The molecule has 1 aromatic heterocycles. The van der Waals surface area contributed by atoms with Crippen LogP contribution in [-0.2, 0) is 6.54 Å². The van der Waals surface area contributed by atoms with E-state index in [4.69, 9.17) is 4.42 Å². The van der Waals surface area contributed by atoms with E-state index >= 15 is 0 Å². The van der Waals surface area contributed by atoms with Crippen molar-refractivity contribution in [2.24, 2.45) is 0 Å². The number of halogens is 1. The molecule has 0 saturated heterocycles. The molecule has 1 N–H and O–H groups in total. The number of benzene rings is 1. The van der Waals surface area contributed by atoms with Crippen molar-refractivity contribution in [1.82, 2.24) is 5.32 Å². The van der Waals surface area contributed by atoms with Gasteiger partial charge in [-0.1, -0.05) is 26.0 Å². The second-order valence-corrected chi connectivity index (χ2v) is 4.77. The Kier molecular flexibility index (Phi) is 3.12. The molecule has 1 aromatic carbocycles. The highest BCUT2D eigenvalue weighted by atomic mass is 79.9. The number of para-hydroxylation sites is 1. The number of nitrogens with one attached hydrogen (secondary N) is 1. The van der Waals surface area contributed by atoms with Gasteiger partial charge in [0.15, 0.2) is 0 Å². The highest BCUT2D eigenvalue weighted by Crippen LogP contribution is 2.27. The highest BCUT2D eigenvalue weighted by molar-refractivity contribution is 9.10. The van der Waals surface area contributed by atoms with Crippen molar-refractivity contribution in [3.63, 3.8) is 0 Å². The Morgan fingerprint density at radius 2 is 2.20 bits per heavy atom. The van der Waals surface area contributed by atoms with E-state index in [0.717, 1.165) is 16.6 Å². The van der Waals surface area contributed by atoms with Gasteiger partial charge in [-0.25, -0.2) is 0 Å². The summed E-state index contributed by atoms with van der Waals surface area (Å²) in [6.07, 6.45) is 1.82. The summed E-state index contributed by atoms with van der Waals surface area (Å²) in [4.78, 5) is 0. The maximum absolute atomic E-state index is 5.53. The van der Waals surface area contributed by atoms with E-state index in [0.29, 0.717) is 6.04 Å². The second-order valence-electron chi connectivity index (χ2n) is 3.91. The van der Waals surface area contributed by atoms with Gasteiger partial charge in [0.2, 0.25) is 0 Å². The van der Waals surface area contributed by atoms with E-state index < -0.39 is 0 Å². The fourth-order valence-corrected chi connectivity index (χ4v) is 1.99. The summed E-state index contributed by atoms with van der Waals surface area (Å²) in [5.74, 6) is 0. The molecule has 2 rings (SSSR count). The summed E-state index contributed by atoms with van der Waals surface area (Å²) in [5.41, 5.74) is 2.14. The molecule has 0 saturated carbocycles.